The molecule has 0 spiro atoms. The zero-order valence-corrected chi connectivity index (χ0v) is 13.3. The van der Waals surface area contributed by atoms with Gasteiger partial charge in [-0.05, 0) is 57.5 Å². The van der Waals surface area contributed by atoms with E-state index >= 15 is 0 Å². The van der Waals surface area contributed by atoms with Crippen LogP contribution >= 0.6 is 0 Å². The molecule has 2 aliphatic rings. The monoisotopic (exact) mass is 266 g/mol. The van der Waals surface area contributed by atoms with Crippen LogP contribution in [0.5, 0.6) is 0 Å². The van der Waals surface area contributed by atoms with Crippen LogP contribution in [0.15, 0.2) is 0 Å². The minimum Gasteiger partial charge on any atom is -0.317 e. The quantitative estimate of drug-likeness (QED) is 0.817. The van der Waals surface area contributed by atoms with Crippen LogP contribution < -0.4 is 5.32 Å². The molecule has 19 heavy (non-hydrogen) atoms. The molecule has 0 aliphatic heterocycles. The second kappa shape index (κ2) is 7.64. The molecule has 3 atom stereocenters. The molecule has 2 fully saturated rings. The van der Waals surface area contributed by atoms with E-state index in [4.69, 9.17) is 0 Å². The highest BCUT2D eigenvalue weighted by Gasteiger charge is 2.30. The van der Waals surface area contributed by atoms with Gasteiger partial charge < -0.3 is 10.2 Å². The van der Waals surface area contributed by atoms with Crippen molar-refractivity contribution in [3.05, 3.63) is 0 Å². The standard InChI is InChI=1S/C17H34N2/c1-4-19(16-8-6-5-7-9-16)13-15-12-14(2)10-11-17(15)18-3/h14-18H,4-13H2,1-3H3. The van der Waals surface area contributed by atoms with E-state index in [1.165, 1.54) is 64.5 Å². The van der Waals surface area contributed by atoms with Gasteiger partial charge in [-0.25, -0.2) is 0 Å². The van der Waals surface area contributed by atoms with Gasteiger partial charge in [0.1, 0.15) is 0 Å². The van der Waals surface area contributed by atoms with Crippen molar-refractivity contribution < 1.29 is 0 Å². The number of nitrogens with one attached hydrogen (secondary N) is 1. The van der Waals surface area contributed by atoms with E-state index in [9.17, 15) is 0 Å². The van der Waals surface area contributed by atoms with Crippen LogP contribution in [0.3, 0.4) is 0 Å². The van der Waals surface area contributed by atoms with Crippen molar-refractivity contribution >= 4 is 0 Å². The molecule has 0 heterocycles. The zero-order chi connectivity index (χ0) is 13.7. The highest BCUT2D eigenvalue weighted by atomic mass is 15.2. The summed E-state index contributed by atoms with van der Waals surface area (Å²) in [6.45, 7) is 7.37. The van der Waals surface area contributed by atoms with Crippen molar-refractivity contribution in [2.24, 2.45) is 11.8 Å². The summed E-state index contributed by atoms with van der Waals surface area (Å²) in [7, 11) is 2.16. The fourth-order valence-corrected chi connectivity index (χ4v) is 4.36. The summed E-state index contributed by atoms with van der Waals surface area (Å²) < 4.78 is 0. The van der Waals surface area contributed by atoms with Crippen LogP contribution in [0.4, 0.5) is 0 Å². The van der Waals surface area contributed by atoms with E-state index in [2.05, 4.69) is 31.1 Å². The van der Waals surface area contributed by atoms with Gasteiger partial charge in [0.05, 0.1) is 0 Å². The van der Waals surface area contributed by atoms with Crippen molar-refractivity contribution in [3.8, 4) is 0 Å². The van der Waals surface area contributed by atoms with Crippen molar-refractivity contribution in [2.75, 3.05) is 20.1 Å². The van der Waals surface area contributed by atoms with Crippen LogP contribution in [-0.2, 0) is 0 Å². The number of hydrogen-bond donors (Lipinski definition) is 1. The smallest absolute Gasteiger partial charge is 0.0105 e. The third-order valence-corrected chi connectivity index (χ3v) is 5.58. The summed E-state index contributed by atoms with van der Waals surface area (Å²) in [5.41, 5.74) is 0. The lowest BCUT2D eigenvalue weighted by molar-refractivity contribution is 0.101. The molecule has 2 heteroatoms. The lowest BCUT2D eigenvalue weighted by Crippen LogP contribution is -2.47. The Morgan fingerprint density at radius 3 is 2.42 bits per heavy atom. The van der Waals surface area contributed by atoms with Crippen molar-refractivity contribution in [1.82, 2.24) is 10.2 Å². The summed E-state index contributed by atoms with van der Waals surface area (Å²) in [5, 5.41) is 3.58. The molecule has 2 nitrogen and oxygen atoms in total. The second-order valence-corrected chi connectivity index (χ2v) is 6.95. The molecular weight excluding hydrogens is 232 g/mol. The Bertz CT molecular complexity index is 248. The summed E-state index contributed by atoms with van der Waals surface area (Å²) in [5.74, 6) is 1.80. The molecule has 3 unspecified atom stereocenters. The molecule has 112 valence electrons. The van der Waals surface area contributed by atoms with Crippen molar-refractivity contribution in [2.45, 2.75) is 77.3 Å². The van der Waals surface area contributed by atoms with Gasteiger partial charge in [-0.1, -0.05) is 33.1 Å². The molecule has 1 N–H and O–H groups in total. The van der Waals surface area contributed by atoms with E-state index in [0.29, 0.717) is 0 Å². The van der Waals surface area contributed by atoms with Gasteiger partial charge in [-0.2, -0.15) is 0 Å². The molecule has 2 aliphatic carbocycles. The van der Waals surface area contributed by atoms with E-state index < -0.39 is 0 Å². The summed E-state index contributed by atoms with van der Waals surface area (Å²) >= 11 is 0. The third kappa shape index (κ3) is 4.19. The van der Waals surface area contributed by atoms with Gasteiger partial charge in [0.25, 0.3) is 0 Å². The average molecular weight is 266 g/mol. The highest BCUT2D eigenvalue weighted by molar-refractivity contribution is 4.86. The Kier molecular flexibility index (Phi) is 6.15. The van der Waals surface area contributed by atoms with Crippen LogP contribution in [0, 0.1) is 11.8 Å². The highest BCUT2D eigenvalue weighted by Crippen LogP contribution is 2.31. The molecule has 0 aromatic carbocycles. The normalized spacial score (nSPS) is 33.8. The molecule has 0 radical (unpaired) electrons. The first-order valence-electron chi connectivity index (χ1n) is 8.65. The number of hydrogen-bond acceptors (Lipinski definition) is 2. The Hall–Kier alpha value is -0.0800. The van der Waals surface area contributed by atoms with E-state index in [0.717, 1.165) is 23.9 Å². The van der Waals surface area contributed by atoms with Gasteiger partial charge in [-0.15, -0.1) is 0 Å². The Labute approximate surface area is 120 Å². The van der Waals surface area contributed by atoms with Crippen molar-refractivity contribution in [1.29, 1.82) is 0 Å². The van der Waals surface area contributed by atoms with E-state index in [1.807, 2.05) is 0 Å². The first-order valence-corrected chi connectivity index (χ1v) is 8.65. The summed E-state index contributed by atoms with van der Waals surface area (Å²) in [6, 6.07) is 1.64. The molecule has 0 amide bonds. The van der Waals surface area contributed by atoms with Crippen LogP contribution in [0.1, 0.15) is 65.2 Å². The van der Waals surface area contributed by atoms with Crippen LogP contribution in [0.25, 0.3) is 0 Å². The van der Waals surface area contributed by atoms with Gasteiger partial charge >= 0.3 is 0 Å². The molecule has 2 rings (SSSR count). The topological polar surface area (TPSA) is 15.3 Å². The van der Waals surface area contributed by atoms with Crippen LogP contribution in [0.2, 0.25) is 0 Å². The minimum absolute atomic E-state index is 0.758. The predicted molar refractivity (Wildman–Crippen MR) is 83.5 cm³/mol. The minimum atomic E-state index is 0.758. The third-order valence-electron chi connectivity index (χ3n) is 5.58. The van der Waals surface area contributed by atoms with Crippen molar-refractivity contribution in [3.63, 3.8) is 0 Å². The Morgan fingerprint density at radius 1 is 1.05 bits per heavy atom. The number of rotatable bonds is 5. The molecule has 2 saturated carbocycles. The fraction of sp³-hybridized carbons (Fsp3) is 1.00. The maximum absolute atomic E-state index is 3.58. The molecule has 0 aromatic rings. The van der Waals surface area contributed by atoms with E-state index in [-0.39, 0.29) is 0 Å². The molecule has 0 saturated heterocycles. The average Bonchev–Trinajstić information content (AvgIpc) is 2.46. The summed E-state index contributed by atoms with van der Waals surface area (Å²) in [4.78, 5) is 2.80. The van der Waals surface area contributed by atoms with Gasteiger partial charge in [0.15, 0.2) is 0 Å². The Morgan fingerprint density at radius 2 is 1.79 bits per heavy atom. The van der Waals surface area contributed by atoms with Gasteiger partial charge in [0, 0.05) is 18.6 Å². The largest absolute Gasteiger partial charge is 0.317 e. The van der Waals surface area contributed by atoms with Gasteiger partial charge in [-0.3, -0.25) is 0 Å². The second-order valence-electron chi connectivity index (χ2n) is 6.95. The first-order chi connectivity index (χ1) is 9.24. The van der Waals surface area contributed by atoms with Crippen LogP contribution in [-0.4, -0.2) is 37.1 Å². The summed E-state index contributed by atoms with van der Waals surface area (Å²) in [6.07, 6.45) is 11.5. The molecule has 0 aromatic heterocycles. The Balaban J connectivity index is 1.91. The predicted octanol–water partition coefficient (Wildman–Crippen LogP) is 3.67. The zero-order valence-electron chi connectivity index (χ0n) is 13.3. The fourth-order valence-electron chi connectivity index (χ4n) is 4.36. The molecular formula is C17H34N2. The lowest BCUT2D eigenvalue weighted by atomic mass is 9.78. The van der Waals surface area contributed by atoms with E-state index in [1.54, 1.807) is 0 Å². The first kappa shape index (κ1) is 15.3. The molecule has 0 bridgehead atoms. The lowest BCUT2D eigenvalue weighted by Gasteiger charge is -2.41. The SMILES string of the molecule is CCN(CC1CC(C)CCC1NC)C1CCCCC1. The maximum atomic E-state index is 3.58. The van der Waals surface area contributed by atoms with Gasteiger partial charge in [0.2, 0.25) is 0 Å². The maximum Gasteiger partial charge on any atom is 0.0105 e. The number of nitrogens with zero attached hydrogens (tertiary/aromatic N) is 1.